The Morgan fingerprint density at radius 2 is 1.84 bits per heavy atom. The summed E-state index contributed by atoms with van der Waals surface area (Å²) in [6.07, 6.45) is 7.56. The van der Waals surface area contributed by atoms with E-state index in [1.807, 2.05) is 38.4 Å². The van der Waals surface area contributed by atoms with Crippen LogP contribution in [0.25, 0.3) is 17.2 Å². The first-order chi connectivity index (χ1) is 18.2. The average Bonchev–Trinajstić information content (AvgIpc) is 3.47. The van der Waals surface area contributed by atoms with Crippen LogP contribution in [0.1, 0.15) is 36.8 Å². The van der Waals surface area contributed by atoms with Crippen LogP contribution in [-0.4, -0.2) is 31.1 Å². The van der Waals surface area contributed by atoms with Crippen molar-refractivity contribution in [3.63, 3.8) is 0 Å². The lowest BCUT2D eigenvalue weighted by Crippen LogP contribution is -2.37. The van der Waals surface area contributed by atoms with E-state index in [4.69, 9.17) is 16.7 Å². The number of hydrogen-bond donors (Lipinski definition) is 2. The SMILES string of the molecule is CN(C)c1ccc(-c2ccc(C[C@@]34CC[C@H](C[C@H]3C(=O)Nc3cccc(/C=C/C(=O)O)c3)C4)c(Cl)c2)cc1. The van der Waals surface area contributed by atoms with Crippen molar-refractivity contribution < 1.29 is 14.7 Å². The minimum absolute atomic E-state index is 0.0419. The van der Waals surface area contributed by atoms with Gasteiger partial charge in [-0.2, -0.15) is 0 Å². The van der Waals surface area contributed by atoms with E-state index in [-0.39, 0.29) is 17.2 Å². The zero-order chi connectivity index (χ0) is 26.9. The summed E-state index contributed by atoms with van der Waals surface area (Å²) in [5.41, 5.74) is 5.79. The fourth-order valence-corrected chi connectivity index (χ4v) is 6.61. The van der Waals surface area contributed by atoms with Crippen LogP contribution in [0.2, 0.25) is 5.02 Å². The Bertz CT molecular complexity index is 1380. The molecule has 0 aliphatic heterocycles. The molecule has 2 bridgehead atoms. The van der Waals surface area contributed by atoms with Crippen molar-refractivity contribution in [2.75, 3.05) is 24.3 Å². The normalized spacial score (nSPS) is 22.1. The molecule has 1 amide bonds. The molecule has 3 aromatic rings. The second-order valence-electron chi connectivity index (χ2n) is 11.0. The van der Waals surface area contributed by atoms with Crippen molar-refractivity contribution in [1.29, 1.82) is 0 Å². The van der Waals surface area contributed by atoms with E-state index < -0.39 is 5.97 Å². The standard InChI is InChI=1S/C32H33ClN2O3/c1-35(2)27-11-9-23(10-12-27)24-7-8-25(29(33)18-24)20-32-15-14-22(19-32)17-28(32)31(38)34-26-5-3-4-21(16-26)6-13-30(36)37/h3-13,16,18,22,28H,14-15,17,19-20H2,1-2H3,(H,34,38)(H,36,37)/b13-6+/t22-,28+,32+/m1/s1. The summed E-state index contributed by atoms with van der Waals surface area (Å²) >= 11 is 6.84. The van der Waals surface area contributed by atoms with Crippen molar-refractivity contribution in [3.05, 3.63) is 89.0 Å². The monoisotopic (exact) mass is 528 g/mol. The minimum Gasteiger partial charge on any atom is -0.478 e. The lowest BCUT2D eigenvalue weighted by Gasteiger charge is -2.35. The van der Waals surface area contributed by atoms with Crippen LogP contribution in [0.5, 0.6) is 0 Å². The number of carboxylic acids is 1. The van der Waals surface area contributed by atoms with Crippen LogP contribution >= 0.6 is 11.6 Å². The quantitative estimate of drug-likeness (QED) is 0.304. The number of amides is 1. The fraction of sp³-hybridized carbons (Fsp3) is 0.312. The number of hydrogen-bond acceptors (Lipinski definition) is 3. The third-order valence-corrected chi connectivity index (χ3v) is 8.61. The van der Waals surface area contributed by atoms with Crippen molar-refractivity contribution in [1.82, 2.24) is 0 Å². The van der Waals surface area contributed by atoms with Gasteiger partial charge in [0.25, 0.3) is 0 Å². The second kappa shape index (κ2) is 10.7. The molecular weight excluding hydrogens is 496 g/mol. The smallest absolute Gasteiger partial charge is 0.328 e. The van der Waals surface area contributed by atoms with Crippen LogP contribution in [0.15, 0.2) is 72.8 Å². The van der Waals surface area contributed by atoms with Crippen molar-refractivity contribution >= 4 is 40.9 Å². The highest BCUT2D eigenvalue weighted by Crippen LogP contribution is 2.59. The van der Waals surface area contributed by atoms with Crippen molar-refractivity contribution in [2.45, 2.75) is 32.1 Å². The van der Waals surface area contributed by atoms with E-state index in [0.29, 0.717) is 11.6 Å². The van der Waals surface area contributed by atoms with E-state index in [9.17, 15) is 9.59 Å². The molecule has 0 spiro atoms. The number of halogens is 1. The average molecular weight is 529 g/mol. The number of nitrogens with zero attached hydrogens (tertiary/aromatic N) is 1. The first kappa shape index (κ1) is 26.1. The van der Waals surface area contributed by atoms with Gasteiger partial charge in [-0.25, -0.2) is 4.79 Å². The second-order valence-corrected chi connectivity index (χ2v) is 11.4. The van der Waals surface area contributed by atoms with Gasteiger partial charge in [0.15, 0.2) is 0 Å². The number of fused-ring (bicyclic) bond motifs is 2. The van der Waals surface area contributed by atoms with Crippen LogP contribution in [0.3, 0.4) is 0 Å². The van der Waals surface area contributed by atoms with Crippen LogP contribution in [0, 0.1) is 17.3 Å². The molecule has 0 aromatic heterocycles. The first-order valence-corrected chi connectivity index (χ1v) is 13.5. The summed E-state index contributed by atoms with van der Waals surface area (Å²) in [6.45, 7) is 0. The molecule has 6 heteroatoms. The number of anilines is 2. The van der Waals surface area contributed by atoms with Gasteiger partial charge in [-0.15, -0.1) is 0 Å². The van der Waals surface area contributed by atoms with E-state index in [1.165, 1.54) is 6.08 Å². The predicted octanol–water partition coefficient (Wildman–Crippen LogP) is 7.16. The molecule has 0 unspecified atom stereocenters. The first-order valence-electron chi connectivity index (χ1n) is 13.1. The molecule has 0 saturated heterocycles. The van der Waals surface area contributed by atoms with Crippen LogP contribution in [0.4, 0.5) is 11.4 Å². The van der Waals surface area contributed by atoms with E-state index in [1.54, 1.807) is 6.07 Å². The Hall–Kier alpha value is -3.57. The van der Waals surface area contributed by atoms with Gasteiger partial charge in [0.2, 0.25) is 5.91 Å². The van der Waals surface area contributed by atoms with Crippen LogP contribution < -0.4 is 10.2 Å². The maximum absolute atomic E-state index is 13.5. The van der Waals surface area contributed by atoms with Gasteiger partial charge in [-0.3, -0.25) is 4.79 Å². The predicted molar refractivity (Wildman–Crippen MR) is 155 cm³/mol. The molecule has 2 saturated carbocycles. The largest absolute Gasteiger partial charge is 0.478 e. The molecule has 196 valence electrons. The number of carbonyl (C=O) groups is 2. The molecular formula is C32H33ClN2O3. The molecule has 0 heterocycles. The molecule has 2 aliphatic rings. The third-order valence-electron chi connectivity index (χ3n) is 8.26. The molecule has 5 rings (SSSR count). The molecule has 38 heavy (non-hydrogen) atoms. The number of benzene rings is 3. The molecule has 3 aromatic carbocycles. The molecule has 2 N–H and O–H groups in total. The summed E-state index contributed by atoms with van der Waals surface area (Å²) in [4.78, 5) is 26.4. The van der Waals surface area contributed by atoms with Crippen molar-refractivity contribution in [2.24, 2.45) is 17.3 Å². The van der Waals surface area contributed by atoms with Gasteiger partial charge in [-0.1, -0.05) is 48.0 Å². The Kier molecular flexibility index (Phi) is 7.31. The van der Waals surface area contributed by atoms with Gasteiger partial charge < -0.3 is 15.3 Å². The summed E-state index contributed by atoms with van der Waals surface area (Å²) in [5.74, 6) is -0.463. The molecule has 3 atom stereocenters. The Labute approximate surface area is 229 Å². The highest BCUT2D eigenvalue weighted by Gasteiger charge is 2.54. The Balaban J connectivity index is 1.32. The van der Waals surface area contributed by atoms with Gasteiger partial charge in [0, 0.05) is 42.5 Å². The highest BCUT2D eigenvalue weighted by atomic mass is 35.5. The van der Waals surface area contributed by atoms with E-state index in [0.717, 1.165) is 71.1 Å². The molecule has 5 nitrogen and oxygen atoms in total. The number of aliphatic carboxylic acids is 1. The maximum Gasteiger partial charge on any atom is 0.328 e. The number of rotatable bonds is 8. The Morgan fingerprint density at radius 1 is 1.08 bits per heavy atom. The summed E-state index contributed by atoms with van der Waals surface area (Å²) in [6, 6.07) is 22.0. The lowest BCUT2D eigenvalue weighted by molar-refractivity contribution is -0.131. The minimum atomic E-state index is -1.00. The number of nitrogens with one attached hydrogen (secondary N) is 1. The molecule has 2 aliphatic carbocycles. The van der Waals surface area contributed by atoms with Crippen molar-refractivity contribution in [3.8, 4) is 11.1 Å². The van der Waals surface area contributed by atoms with Gasteiger partial charge >= 0.3 is 5.97 Å². The highest BCUT2D eigenvalue weighted by molar-refractivity contribution is 6.31. The molecule has 0 radical (unpaired) electrons. The third kappa shape index (κ3) is 5.48. The zero-order valence-electron chi connectivity index (χ0n) is 21.8. The Morgan fingerprint density at radius 3 is 2.53 bits per heavy atom. The van der Waals surface area contributed by atoms with Gasteiger partial charge in [-0.05, 0) is 102 Å². The van der Waals surface area contributed by atoms with Gasteiger partial charge in [0.1, 0.15) is 0 Å². The summed E-state index contributed by atoms with van der Waals surface area (Å²) in [5, 5.41) is 12.8. The zero-order valence-corrected chi connectivity index (χ0v) is 22.5. The topological polar surface area (TPSA) is 69.6 Å². The number of carbonyl (C=O) groups excluding carboxylic acids is 1. The lowest BCUT2D eigenvalue weighted by atomic mass is 9.70. The summed E-state index contributed by atoms with van der Waals surface area (Å²) in [7, 11) is 4.06. The van der Waals surface area contributed by atoms with E-state index in [2.05, 4.69) is 46.6 Å². The van der Waals surface area contributed by atoms with Gasteiger partial charge in [0.05, 0.1) is 0 Å². The summed E-state index contributed by atoms with van der Waals surface area (Å²) < 4.78 is 0. The molecule has 2 fully saturated rings. The van der Waals surface area contributed by atoms with Crippen LogP contribution in [-0.2, 0) is 16.0 Å². The van der Waals surface area contributed by atoms with E-state index >= 15 is 0 Å². The number of carboxylic acid groups (broad SMARTS) is 1. The fourth-order valence-electron chi connectivity index (χ4n) is 6.36. The maximum atomic E-state index is 13.5.